The normalized spacial score (nSPS) is 18.3. The highest BCUT2D eigenvalue weighted by molar-refractivity contribution is 8.01. The van der Waals surface area contributed by atoms with Crippen molar-refractivity contribution in [3.8, 4) is 0 Å². The molecular weight excluding hydrogens is 238 g/mol. The molecule has 1 aliphatic rings. The molecule has 0 aliphatic heterocycles. The number of hydrogen-bond donors (Lipinski definition) is 2. The minimum absolute atomic E-state index is 0.0539. The molecule has 0 bridgehead atoms. The lowest BCUT2D eigenvalue weighted by atomic mass is 9.69. The molecule has 4 nitrogen and oxygen atoms in total. The van der Waals surface area contributed by atoms with E-state index in [2.05, 4.69) is 26.1 Å². The highest BCUT2D eigenvalue weighted by atomic mass is 32.2. The first-order valence-corrected chi connectivity index (χ1v) is 6.88. The molecule has 5 heteroatoms. The monoisotopic (exact) mass is 259 g/mol. The summed E-state index contributed by atoms with van der Waals surface area (Å²) in [7, 11) is 0. The summed E-state index contributed by atoms with van der Waals surface area (Å²) in [6.07, 6.45) is 2.29. The van der Waals surface area contributed by atoms with E-state index in [1.807, 2.05) is 0 Å². The molecular formula is C12H21NO3S. The Balaban J connectivity index is 2.30. The Morgan fingerprint density at radius 1 is 1.35 bits per heavy atom. The predicted octanol–water partition coefficient (Wildman–Crippen LogP) is 1.89. The fourth-order valence-electron chi connectivity index (χ4n) is 1.67. The van der Waals surface area contributed by atoms with Gasteiger partial charge in [-0.15, -0.1) is 11.8 Å². The van der Waals surface area contributed by atoms with Crippen LogP contribution in [0.5, 0.6) is 0 Å². The average molecular weight is 259 g/mol. The second-order valence-electron chi connectivity index (χ2n) is 5.62. The highest BCUT2D eigenvalue weighted by Crippen LogP contribution is 2.40. The van der Waals surface area contributed by atoms with Gasteiger partial charge < -0.3 is 10.4 Å². The van der Waals surface area contributed by atoms with E-state index in [1.165, 1.54) is 0 Å². The molecule has 1 fully saturated rings. The van der Waals surface area contributed by atoms with Crippen molar-refractivity contribution < 1.29 is 14.7 Å². The molecule has 0 atom stereocenters. The zero-order valence-electron chi connectivity index (χ0n) is 10.7. The van der Waals surface area contributed by atoms with E-state index in [0.717, 1.165) is 6.42 Å². The molecule has 17 heavy (non-hydrogen) atoms. The predicted molar refractivity (Wildman–Crippen MR) is 69.1 cm³/mol. The maximum atomic E-state index is 11.6. The number of carbonyl (C=O) groups is 2. The van der Waals surface area contributed by atoms with Crippen LogP contribution in [0.3, 0.4) is 0 Å². The molecule has 0 aromatic carbocycles. The molecule has 1 aliphatic carbocycles. The number of rotatable bonds is 5. The Labute approximate surface area is 107 Å². The number of carboxylic acids is 1. The summed E-state index contributed by atoms with van der Waals surface area (Å²) >= 11 is 1.57. The second kappa shape index (κ2) is 5.29. The third kappa shape index (κ3) is 4.22. The van der Waals surface area contributed by atoms with Crippen LogP contribution in [0.1, 0.15) is 40.0 Å². The summed E-state index contributed by atoms with van der Waals surface area (Å²) in [5, 5.41) is 11.8. The number of carbonyl (C=O) groups excluding carboxylic acids is 1. The fraction of sp³-hybridized carbons (Fsp3) is 0.833. The number of aliphatic carboxylic acids is 1. The van der Waals surface area contributed by atoms with Crippen LogP contribution in [0, 0.1) is 5.41 Å². The van der Waals surface area contributed by atoms with E-state index in [4.69, 9.17) is 5.11 Å². The lowest BCUT2D eigenvalue weighted by Gasteiger charge is -2.37. The minimum atomic E-state index is -0.785. The Hall–Kier alpha value is -0.710. The lowest BCUT2D eigenvalue weighted by Crippen LogP contribution is -2.48. The molecule has 1 rings (SSSR count). The molecule has 0 unspecified atom stereocenters. The molecule has 0 aromatic heterocycles. The van der Waals surface area contributed by atoms with Crippen molar-refractivity contribution in [2.75, 3.05) is 12.3 Å². The summed E-state index contributed by atoms with van der Waals surface area (Å²) in [6.45, 7) is 6.42. The van der Waals surface area contributed by atoms with Crippen LogP contribution in [0.4, 0.5) is 0 Å². The fourth-order valence-corrected chi connectivity index (χ4v) is 2.34. The minimum Gasteiger partial charge on any atom is -0.481 e. The highest BCUT2D eigenvalue weighted by Gasteiger charge is 2.44. The Kier molecular flexibility index (Phi) is 4.47. The molecule has 1 amide bonds. The average Bonchev–Trinajstić information content (AvgIpc) is 2.11. The number of nitrogens with one attached hydrogen (secondary N) is 1. The number of thioether (sulfide) groups is 1. The molecule has 0 spiro atoms. The van der Waals surface area contributed by atoms with Crippen molar-refractivity contribution in [1.29, 1.82) is 0 Å². The first-order chi connectivity index (χ1) is 7.75. The summed E-state index contributed by atoms with van der Waals surface area (Å²) < 4.78 is 0.0539. The summed E-state index contributed by atoms with van der Waals surface area (Å²) in [4.78, 5) is 22.7. The van der Waals surface area contributed by atoms with Crippen LogP contribution in [-0.2, 0) is 9.59 Å². The van der Waals surface area contributed by atoms with Crippen LogP contribution >= 0.6 is 11.8 Å². The van der Waals surface area contributed by atoms with Gasteiger partial charge in [0.05, 0.1) is 11.2 Å². The first kappa shape index (κ1) is 14.4. The molecule has 0 heterocycles. The molecule has 98 valence electrons. The molecule has 1 saturated carbocycles. The van der Waals surface area contributed by atoms with E-state index in [-0.39, 0.29) is 17.2 Å². The molecule has 2 N–H and O–H groups in total. The van der Waals surface area contributed by atoms with Gasteiger partial charge in [-0.25, -0.2) is 0 Å². The van der Waals surface area contributed by atoms with Crippen molar-refractivity contribution in [2.24, 2.45) is 5.41 Å². The van der Waals surface area contributed by atoms with E-state index in [0.29, 0.717) is 18.6 Å². The van der Waals surface area contributed by atoms with Crippen LogP contribution in [0.2, 0.25) is 0 Å². The van der Waals surface area contributed by atoms with Gasteiger partial charge in [0.2, 0.25) is 5.91 Å². The second-order valence-corrected chi connectivity index (χ2v) is 7.42. The first-order valence-electron chi connectivity index (χ1n) is 5.89. The van der Waals surface area contributed by atoms with Gasteiger partial charge in [-0.2, -0.15) is 0 Å². The summed E-state index contributed by atoms with van der Waals surface area (Å²) in [6, 6.07) is 0. The summed E-state index contributed by atoms with van der Waals surface area (Å²) in [5.41, 5.74) is -0.692. The lowest BCUT2D eigenvalue weighted by molar-refractivity contribution is -0.154. The number of amides is 1. The third-order valence-electron chi connectivity index (χ3n) is 3.02. The smallest absolute Gasteiger partial charge is 0.311 e. The quantitative estimate of drug-likeness (QED) is 0.791. The van der Waals surface area contributed by atoms with Crippen LogP contribution in [-0.4, -0.2) is 34.0 Å². The van der Waals surface area contributed by atoms with Gasteiger partial charge in [0.25, 0.3) is 0 Å². The van der Waals surface area contributed by atoms with E-state index in [1.54, 1.807) is 11.8 Å². The molecule has 0 radical (unpaired) electrons. The van der Waals surface area contributed by atoms with Gasteiger partial charge in [0.1, 0.15) is 0 Å². The third-order valence-corrected chi connectivity index (χ3v) is 4.30. The maximum Gasteiger partial charge on any atom is 0.311 e. The SMILES string of the molecule is CC(C)(C)SCC(=O)NCC1(C(=O)O)CCC1. The number of carboxylic acid groups (broad SMARTS) is 1. The topological polar surface area (TPSA) is 66.4 Å². The zero-order chi connectivity index (χ0) is 13.1. The zero-order valence-corrected chi connectivity index (χ0v) is 11.5. The standard InChI is InChI=1S/C12H21NO3S/c1-11(2,3)17-7-9(14)13-8-12(10(15)16)5-4-6-12/h4-8H2,1-3H3,(H,13,14)(H,15,16). The Bertz CT molecular complexity index is 305. The Morgan fingerprint density at radius 3 is 2.29 bits per heavy atom. The van der Waals surface area contributed by atoms with Gasteiger partial charge in [-0.05, 0) is 12.8 Å². The van der Waals surface area contributed by atoms with E-state index < -0.39 is 11.4 Å². The van der Waals surface area contributed by atoms with E-state index in [9.17, 15) is 9.59 Å². The van der Waals surface area contributed by atoms with Crippen molar-refractivity contribution >= 4 is 23.6 Å². The van der Waals surface area contributed by atoms with Crippen molar-refractivity contribution in [2.45, 2.75) is 44.8 Å². The van der Waals surface area contributed by atoms with Crippen LogP contribution < -0.4 is 5.32 Å². The summed E-state index contributed by atoms with van der Waals surface area (Å²) in [5.74, 6) is -0.468. The van der Waals surface area contributed by atoms with E-state index >= 15 is 0 Å². The van der Waals surface area contributed by atoms with Gasteiger partial charge in [0.15, 0.2) is 0 Å². The number of hydrogen-bond acceptors (Lipinski definition) is 3. The van der Waals surface area contributed by atoms with Crippen molar-refractivity contribution in [1.82, 2.24) is 5.32 Å². The van der Waals surface area contributed by atoms with Crippen molar-refractivity contribution in [3.05, 3.63) is 0 Å². The maximum absolute atomic E-state index is 11.6. The Morgan fingerprint density at radius 2 is 1.94 bits per heavy atom. The largest absolute Gasteiger partial charge is 0.481 e. The van der Waals surface area contributed by atoms with Crippen LogP contribution in [0.15, 0.2) is 0 Å². The van der Waals surface area contributed by atoms with Gasteiger partial charge >= 0.3 is 5.97 Å². The van der Waals surface area contributed by atoms with Crippen molar-refractivity contribution in [3.63, 3.8) is 0 Å². The van der Waals surface area contributed by atoms with Gasteiger partial charge in [-0.3, -0.25) is 9.59 Å². The van der Waals surface area contributed by atoms with Crippen LogP contribution in [0.25, 0.3) is 0 Å². The van der Waals surface area contributed by atoms with Gasteiger partial charge in [-0.1, -0.05) is 27.2 Å². The molecule has 0 aromatic rings. The van der Waals surface area contributed by atoms with Gasteiger partial charge in [0, 0.05) is 11.3 Å². The molecule has 0 saturated heterocycles.